The maximum absolute atomic E-state index is 12.3. The van der Waals surface area contributed by atoms with Gasteiger partial charge in [0.15, 0.2) is 0 Å². The highest BCUT2D eigenvalue weighted by molar-refractivity contribution is 6.30. The van der Waals surface area contributed by atoms with Gasteiger partial charge in [-0.15, -0.1) is 0 Å². The summed E-state index contributed by atoms with van der Waals surface area (Å²) >= 11 is 5.98. The molecule has 0 bridgehead atoms. The average Bonchev–Trinajstić information content (AvgIpc) is 2.87. The van der Waals surface area contributed by atoms with Crippen LogP contribution in [-0.2, 0) is 11.2 Å². The Labute approximate surface area is 143 Å². The largest absolute Gasteiger partial charge is 0.478 e. The first kappa shape index (κ1) is 16.3. The Bertz CT molecular complexity index is 894. The minimum absolute atomic E-state index is 0.230. The molecule has 2 heterocycles. The zero-order valence-corrected chi connectivity index (χ0v) is 13.7. The van der Waals surface area contributed by atoms with E-state index < -0.39 is 18.1 Å². The normalized spacial score (nSPS) is 20.0. The van der Waals surface area contributed by atoms with Crippen LogP contribution in [0.1, 0.15) is 24.3 Å². The standard InChI is InChI=1S/C17H16ClN3O3/c1-10-14(17(23)24)5-6-19-16(10)21-15(22)9-13(20-21)8-11-3-2-4-12(18)7-11/h2-7,9-10,16,20H,8H2,1H3,(H,23,24). The van der Waals surface area contributed by atoms with E-state index in [4.69, 9.17) is 11.6 Å². The average molecular weight is 346 g/mol. The van der Waals surface area contributed by atoms with Gasteiger partial charge >= 0.3 is 5.97 Å². The molecular formula is C17H16ClN3O3. The Kier molecular flexibility index (Phi) is 4.40. The summed E-state index contributed by atoms with van der Waals surface area (Å²) < 4.78 is 1.37. The first-order valence-corrected chi connectivity index (χ1v) is 7.85. The maximum Gasteiger partial charge on any atom is 0.332 e. The topological polar surface area (TPSA) is 87.4 Å². The molecule has 0 spiro atoms. The minimum atomic E-state index is -1.00. The fraction of sp³-hybridized carbons (Fsp3) is 0.235. The van der Waals surface area contributed by atoms with E-state index in [1.165, 1.54) is 23.0 Å². The highest BCUT2D eigenvalue weighted by Gasteiger charge is 2.29. The van der Waals surface area contributed by atoms with Crippen molar-refractivity contribution in [1.82, 2.24) is 9.78 Å². The summed E-state index contributed by atoms with van der Waals surface area (Å²) in [6.07, 6.45) is 2.82. The monoisotopic (exact) mass is 345 g/mol. The van der Waals surface area contributed by atoms with Gasteiger partial charge in [0.05, 0.1) is 0 Å². The Morgan fingerprint density at radius 1 is 1.42 bits per heavy atom. The molecule has 2 N–H and O–H groups in total. The lowest BCUT2D eigenvalue weighted by Crippen LogP contribution is -2.30. The van der Waals surface area contributed by atoms with Gasteiger partial charge in [-0.3, -0.25) is 14.9 Å². The third-order valence-corrected chi connectivity index (χ3v) is 4.26. The second-order valence-corrected chi connectivity index (χ2v) is 6.16. The second kappa shape index (κ2) is 6.49. The lowest BCUT2D eigenvalue weighted by atomic mass is 9.96. The molecule has 124 valence electrons. The van der Waals surface area contributed by atoms with Crippen LogP contribution >= 0.6 is 11.6 Å². The minimum Gasteiger partial charge on any atom is -0.478 e. The molecule has 2 unspecified atom stereocenters. The number of nitrogens with zero attached hydrogens (tertiary/aromatic N) is 2. The van der Waals surface area contributed by atoms with Crippen LogP contribution in [0.2, 0.25) is 5.02 Å². The van der Waals surface area contributed by atoms with Crippen LogP contribution in [-0.4, -0.2) is 27.1 Å². The van der Waals surface area contributed by atoms with Gasteiger partial charge in [-0.2, -0.15) is 0 Å². The molecule has 0 radical (unpaired) electrons. The predicted octanol–water partition coefficient (Wildman–Crippen LogP) is 2.65. The van der Waals surface area contributed by atoms with Crippen LogP contribution in [0, 0.1) is 5.92 Å². The van der Waals surface area contributed by atoms with Crippen LogP contribution in [0.3, 0.4) is 0 Å². The van der Waals surface area contributed by atoms with Gasteiger partial charge < -0.3 is 5.11 Å². The smallest absolute Gasteiger partial charge is 0.332 e. The number of carbonyl (C=O) groups is 1. The second-order valence-electron chi connectivity index (χ2n) is 5.72. The number of aromatic amines is 1. The molecule has 3 rings (SSSR count). The summed E-state index contributed by atoms with van der Waals surface area (Å²) in [5.74, 6) is -1.42. The van der Waals surface area contributed by atoms with E-state index in [0.29, 0.717) is 11.4 Å². The SMILES string of the molecule is CC1C(C(=O)O)=CC=NC1n1[nH]c(Cc2cccc(Cl)c2)cc1=O. The van der Waals surface area contributed by atoms with E-state index in [2.05, 4.69) is 10.1 Å². The summed E-state index contributed by atoms with van der Waals surface area (Å²) in [6, 6.07) is 8.90. The van der Waals surface area contributed by atoms with Crippen LogP contribution in [0.4, 0.5) is 0 Å². The van der Waals surface area contributed by atoms with Gasteiger partial charge in [0.25, 0.3) is 5.56 Å². The Balaban J connectivity index is 1.87. The van der Waals surface area contributed by atoms with Crippen molar-refractivity contribution in [2.75, 3.05) is 0 Å². The number of carboxylic acid groups (broad SMARTS) is 1. The van der Waals surface area contributed by atoms with Crippen molar-refractivity contribution < 1.29 is 9.90 Å². The van der Waals surface area contributed by atoms with Gasteiger partial charge in [-0.25, -0.2) is 9.48 Å². The number of allylic oxidation sites excluding steroid dienone is 1. The number of dihydropyridines is 1. The molecule has 1 aliphatic heterocycles. The lowest BCUT2D eigenvalue weighted by molar-refractivity contribution is -0.133. The molecule has 7 heteroatoms. The van der Waals surface area contributed by atoms with Gasteiger partial charge in [-0.1, -0.05) is 30.7 Å². The quantitative estimate of drug-likeness (QED) is 0.893. The highest BCUT2D eigenvalue weighted by atomic mass is 35.5. The predicted molar refractivity (Wildman–Crippen MR) is 91.7 cm³/mol. The number of aliphatic carboxylic acids is 1. The van der Waals surface area contributed by atoms with Crippen molar-refractivity contribution in [3.05, 3.63) is 68.6 Å². The molecule has 0 amide bonds. The molecule has 0 saturated heterocycles. The van der Waals surface area contributed by atoms with Crippen molar-refractivity contribution in [3.63, 3.8) is 0 Å². The maximum atomic E-state index is 12.3. The number of hydrogen-bond donors (Lipinski definition) is 2. The van der Waals surface area contributed by atoms with Gasteiger partial charge in [0, 0.05) is 40.9 Å². The molecule has 1 aliphatic rings. The summed E-state index contributed by atoms with van der Waals surface area (Å²) in [6.45, 7) is 1.74. The van der Waals surface area contributed by atoms with Crippen LogP contribution < -0.4 is 5.56 Å². The zero-order valence-electron chi connectivity index (χ0n) is 12.9. The van der Waals surface area contributed by atoms with Crippen molar-refractivity contribution in [2.45, 2.75) is 19.5 Å². The highest BCUT2D eigenvalue weighted by Crippen LogP contribution is 2.27. The number of rotatable bonds is 4. The molecule has 2 atom stereocenters. The molecule has 1 aromatic carbocycles. The van der Waals surface area contributed by atoms with Gasteiger partial charge in [0.1, 0.15) is 6.17 Å². The van der Waals surface area contributed by atoms with E-state index in [9.17, 15) is 14.7 Å². The van der Waals surface area contributed by atoms with E-state index in [1.807, 2.05) is 18.2 Å². The molecule has 1 aromatic heterocycles. The van der Waals surface area contributed by atoms with Crippen LogP contribution in [0.25, 0.3) is 0 Å². The Hall–Kier alpha value is -2.60. The number of hydrogen-bond acceptors (Lipinski definition) is 3. The number of benzene rings is 1. The Morgan fingerprint density at radius 3 is 2.92 bits per heavy atom. The van der Waals surface area contributed by atoms with E-state index in [-0.39, 0.29) is 11.1 Å². The van der Waals surface area contributed by atoms with Crippen LogP contribution in [0.15, 0.2) is 51.8 Å². The number of aromatic nitrogens is 2. The number of halogens is 1. The van der Waals surface area contributed by atoms with Gasteiger partial charge in [0.2, 0.25) is 0 Å². The van der Waals surface area contributed by atoms with Crippen LogP contribution in [0.5, 0.6) is 0 Å². The van der Waals surface area contributed by atoms with Gasteiger partial charge in [-0.05, 0) is 23.8 Å². The van der Waals surface area contributed by atoms with E-state index >= 15 is 0 Å². The Morgan fingerprint density at radius 2 is 2.21 bits per heavy atom. The summed E-state index contributed by atoms with van der Waals surface area (Å²) in [5.41, 5.74) is 1.68. The third-order valence-electron chi connectivity index (χ3n) is 4.02. The van der Waals surface area contributed by atoms with E-state index in [1.54, 1.807) is 13.0 Å². The fourth-order valence-corrected chi connectivity index (χ4v) is 3.04. The number of nitrogens with one attached hydrogen (secondary N) is 1. The number of carboxylic acids is 1. The number of H-pyrrole nitrogens is 1. The molecule has 2 aromatic rings. The van der Waals surface area contributed by atoms with Crippen molar-refractivity contribution in [3.8, 4) is 0 Å². The molecule has 0 fully saturated rings. The van der Waals surface area contributed by atoms with E-state index in [0.717, 1.165) is 11.3 Å². The fourth-order valence-electron chi connectivity index (χ4n) is 2.82. The summed E-state index contributed by atoms with van der Waals surface area (Å²) in [4.78, 5) is 27.8. The molecular weight excluding hydrogens is 330 g/mol. The number of aliphatic imine (C=N–C) groups is 1. The molecule has 24 heavy (non-hydrogen) atoms. The third kappa shape index (κ3) is 3.19. The summed E-state index contributed by atoms with van der Waals surface area (Å²) in [7, 11) is 0. The van der Waals surface area contributed by atoms with Crippen molar-refractivity contribution in [1.29, 1.82) is 0 Å². The lowest BCUT2D eigenvalue weighted by Gasteiger charge is -2.23. The zero-order chi connectivity index (χ0) is 17.3. The molecule has 0 saturated carbocycles. The molecule has 0 aliphatic carbocycles. The molecule has 6 nitrogen and oxygen atoms in total. The first-order valence-electron chi connectivity index (χ1n) is 7.47. The van der Waals surface area contributed by atoms with Crippen molar-refractivity contribution >= 4 is 23.8 Å². The first-order chi connectivity index (χ1) is 11.5. The summed E-state index contributed by atoms with van der Waals surface area (Å²) in [5, 5.41) is 12.9. The van der Waals surface area contributed by atoms with Crippen molar-refractivity contribution in [2.24, 2.45) is 10.9 Å².